The smallest absolute Gasteiger partial charge is 0.106 e. The van der Waals surface area contributed by atoms with Crippen molar-refractivity contribution < 1.29 is 14.4 Å². The Bertz CT molecular complexity index is 550. The third-order valence-corrected chi connectivity index (χ3v) is 3.70. The summed E-state index contributed by atoms with van der Waals surface area (Å²) in [4.78, 5) is 14.9. The van der Waals surface area contributed by atoms with E-state index in [0.29, 0.717) is 18.1 Å². The standard InChI is InChI=1S/C6H13NO.C5H12N2.C5H13N.C4H9NO.C4H9N.C4H10O/c1-5(2)6(3)7-8-4;1-5(2)6-7(3)4;1-5(2)6(3)4;1-4(2)5-6-3;2*1-4(2)5-3/h5H,1-4H3;1-4H3;5H,1-4H3;1-3H3;1-3H3;4H,1-3H3/b7-6-;;;;;. The average Bonchev–Trinajstić information content (AvgIpc) is 2.74. The molecular formula is C28H66N6O3. The Morgan fingerprint density at radius 1 is 0.622 bits per heavy atom. The van der Waals surface area contributed by atoms with Gasteiger partial charge in [0.1, 0.15) is 14.2 Å². The van der Waals surface area contributed by atoms with Gasteiger partial charge in [0.05, 0.1) is 17.5 Å². The summed E-state index contributed by atoms with van der Waals surface area (Å²) in [5, 5.41) is 13.1. The molecule has 0 bridgehead atoms. The van der Waals surface area contributed by atoms with Crippen molar-refractivity contribution in [2.75, 3.05) is 56.6 Å². The number of hydrogen-bond donors (Lipinski definition) is 0. The van der Waals surface area contributed by atoms with E-state index >= 15 is 0 Å². The predicted octanol–water partition coefficient (Wildman–Crippen LogP) is 6.73. The first kappa shape index (κ1) is 48.1. The maximum Gasteiger partial charge on any atom is 0.106 e. The van der Waals surface area contributed by atoms with Gasteiger partial charge in [-0.15, -0.1) is 0 Å². The number of oxime groups is 2. The first-order valence-electron chi connectivity index (χ1n) is 12.7. The average molecular weight is 535 g/mol. The minimum atomic E-state index is 0.384. The van der Waals surface area contributed by atoms with Gasteiger partial charge in [-0.05, 0) is 96.2 Å². The van der Waals surface area contributed by atoms with Gasteiger partial charge in [0, 0.05) is 45.7 Å². The molecule has 0 aromatic heterocycles. The number of methoxy groups -OCH3 is 1. The number of hydrogen-bond acceptors (Lipinski definition) is 9. The fourth-order valence-corrected chi connectivity index (χ4v) is 0.832. The van der Waals surface area contributed by atoms with E-state index < -0.39 is 0 Å². The summed E-state index contributed by atoms with van der Waals surface area (Å²) in [6.45, 7) is 26.1. The van der Waals surface area contributed by atoms with Crippen LogP contribution in [0.5, 0.6) is 0 Å². The molecule has 0 aromatic rings. The Hall–Kier alpha value is -2.00. The van der Waals surface area contributed by atoms with Gasteiger partial charge in [0.15, 0.2) is 0 Å². The molecule has 0 rings (SSSR count). The van der Waals surface area contributed by atoms with Crippen LogP contribution in [0.3, 0.4) is 0 Å². The van der Waals surface area contributed by atoms with Gasteiger partial charge in [-0.1, -0.05) is 24.2 Å². The molecule has 0 saturated carbocycles. The van der Waals surface area contributed by atoms with E-state index in [9.17, 15) is 0 Å². The summed E-state index contributed by atoms with van der Waals surface area (Å²) in [7, 11) is 14.5. The van der Waals surface area contributed by atoms with Crippen molar-refractivity contribution in [3.05, 3.63) is 0 Å². The van der Waals surface area contributed by atoms with Crippen LogP contribution in [0.2, 0.25) is 0 Å². The Labute approximate surface area is 232 Å². The van der Waals surface area contributed by atoms with Crippen LogP contribution in [0.15, 0.2) is 20.4 Å². The lowest BCUT2D eigenvalue weighted by atomic mass is 10.1. The predicted molar refractivity (Wildman–Crippen MR) is 169 cm³/mol. The highest BCUT2D eigenvalue weighted by Crippen LogP contribution is 1.94. The third-order valence-electron chi connectivity index (χ3n) is 3.70. The van der Waals surface area contributed by atoms with Crippen LogP contribution in [-0.2, 0) is 14.4 Å². The SMILES string of the molecule is CC(C)=NN(C)C.CC(C)N(C)C.CN=C(C)C.CO/N=C(/C)C(C)C.COC(C)C.CON=C(C)C. The van der Waals surface area contributed by atoms with Crippen LogP contribution in [0.25, 0.3) is 0 Å². The molecule has 226 valence electrons. The molecule has 0 aliphatic heterocycles. The van der Waals surface area contributed by atoms with Crippen molar-refractivity contribution in [3.8, 4) is 0 Å². The molecule has 0 unspecified atom stereocenters. The van der Waals surface area contributed by atoms with Gasteiger partial charge in [-0.3, -0.25) is 4.99 Å². The lowest BCUT2D eigenvalue weighted by molar-refractivity contribution is 0.134. The minimum absolute atomic E-state index is 0.384. The highest BCUT2D eigenvalue weighted by molar-refractivity contribution is 5.83. The monoisotopic (exact) mass is 535 g/mol. The van der Waals surface area contributed by atoms with Crippen LogP contribution in [0.4, 0.5) is 0 Å². The van der Waals surface area contributed by atoms with Crippen LogP contribution in [-0.4, -0.2) is 101 Å². The van der Waals surface area contributed by atoms with Crippen molar-refractivity contribution in [2.24, 2.45) is 26.3 Å². The topological polar surface area (TPSA) is 83.6 Å². The molecule has 0 radical (unpaired) electrons. The van der Waals surface area contributed by atoms with E-state index in [-0.39, 0.29) is 0 Å². The molecule has 9 heteroatoms. The molecule has 0 atom stereocenters. The van der Waals surface area contributed by atoms with Crippen LogP contribution < -0.4 is 0 Å². The molecule has 0 aliphatic carbocycles. The molecule has 0 N–H and O–H groups in total. The maximum absolute atomic E-state index is 4.75. The normalized spacial score (nSPS) is 9.38. The largest absolute Gasteiger partial charge is 0.399 e. The van der Waals surface area contributed by atoms with Crippen molar-refractivity contribution in [1.82, 2.24) is 9.91 Å². The molecule has 0 saturated heterocycles. The second-order valence-corrected chi connectivity index (χ2v) is 9.70. The molecule has 0 aliphatic rings. The second-order valence-electron chi connectivity index (χ2n) is 9.70. The molecule has 0 aromatic carbocycles. The number of rotatable bonds is 6. The van der Waals surface area contributed by atoms with Crippen molar-refractivity contribution in [2.45, 2.75) is 102 Å². The molecule has 9 nitrogen and oxygen atoms in total. The highest BCUT2D eigenvalue weighted by Gasteiger charge is 1.95. The summed E-state index contributed by atoms with van der Waals surface area (Å²) in [5.74, 6) is 0.495. The van der Waals surface area contributed by atoms with Crippen molar-refractivity contribution in [3.63, 3.8) is 0 Å². The van der Waals surface area contributed by atoms with Gasteiger partial charge in [0.2, 0.25) is 0 Å². The van der Waals surface area contributed by atoms with Gasteiger partial charge in [-0.25, -0.2) is 0 Å². The van der Waals surface area contributed by atoms with Gasteiger partial charge in [0.25, 0.3) is 0 Å². The lowest BCUT2D eigenvalue weighted by Gasteiger charge is -2.12. The Kier molecular flexibility index (Phi) is 47.0. The van der Waals surface area contributed by atoms with E-state index in [1.807, 2.05) is 76.4 Å². The van der Waals surface area contributed by atoms with Crippen LogP contribution in [0.1, 0.15) is 90.0 Å². The minimum Gasteiger partial charge on any atom is -0.399 e. The van der Waals surface area contributed by atoms with Crippen LogP contribution >= 0.6 is 0 Å². The zero-order valence-electron chi connectivity index (χ0n) is 28.6. The zero-order valence-corrected chi connectivity index (χ0v) is 28.6. The Balaban J connectivity index is -0.0000000786. The van der Waals surface area contributed by atoms with Gasteiger partial charge < -0.3 is 24.3 Å². The summed E-state index contributed by atoms with van der Waals surface area (Å²) >= 11 is 0. The fraction of sp³-hybridized carbons (Fsp3) is 0.857. The summed E-state index contributed by atoms with van der Waals surface area (Å²) in [6, 6.07) is 0.685. The van der Waals surface area contributed by atoms with Gasteiger partial charge in [-0.2, -0.15) is 5.10 Å². The van der Waals surface area contributed by atoms with E-state index in [1.165, 1.54) is 7.11 Å². The van der Waals surface area contributed by atoms with Crippen molar-refractivity contribution >= 4 is 22.8 Å². The zero-order chi connectivity index (χ0) is 31.1. The van der Waals surface area contributed by atoms with E-state index in [2.05, 4.69) is 76.8 Å². The number of aliphatic imine (C=N–C) groups is 1. The number of ether oxygens (including phenoxy) is 1. The highest BCUT2D eigenvalue weighted by atomic mass is 16.6. The summed E-state index contributed by atoms with van der Waals surface area (Å²) < 4.78 is 4.75. The molecule has 0 amide bonds. The summed E-state index contributed by atoms with van der Waals surface area (Å²) in [6.07, 6.45) is 0.384. The fourth-order valence-electron chi connectivity index (χ4n) is 0.832. The molecule has 0 fully saturated rings. The Morgan fingerprint density at radius 3 is 0.973 bits per heavy atom. The summed E-state index contributed by atoms with van der Waals surface area (Å²) in [5.41, 5.74) is 4.19. The third kappa shape index (κ3) is 87.0. The van der Waals surface area contributed by atoms with Gasteiger partial charge >= 0.3 is 0 Å². The molecular weight excluding hydrogens is 468 g/mol. The maximum atomic E-state index is 4.75. The molecule has 0 heterocycles. The van der Waals surface area contributed by atoms with E-state index in [0.717, 1.165) is 22.8 Å². The number of hydrazone groups is 1. The first-order chi connectivity index (χ1) is 16.8. The molecule has 0 spiro atoms. The Morgan fingerprint density at radius 2 is 0.946 bits per heavy atom. The number of nitrogens with zero attached hydrogens (tertiary/aromatic N) is 6. The van der Waals surface area contributed by atoms with E-state index in [4.69, 9.17) is 4.74 Å². The quantitative estimate of drug-likeness (QED) is 0.279. The first-order valence-corrected chi connectivity index (χ1v) is 12.7. The van der Waals surface area contributed by atoms with E-state index in [1.54, 1.807) is 26.3 Å². The molecule has 37 heavy (non-hydrogen) atoms. The van der Waals surface area contributed by atoms with Crippen LogP contribution in [0, 0.1) is 5.92 Å². The van der Waals surface area contributed by atoms with Crippen molar-refractivity contribution in [1.29, 1.82) is 0 Å². The second kappa shape index (κ2) is 36.2. The lowest BCUT2D eigenvalue weighted by Crippen LogP contribution is -2.20.